The molecule has 2 rings (SSSR count). The third-order valence-corrected chi connectivity index (χ3v) is 3.92. The molecular formula is C13H15F3N4S. The summed E-state index contributed by atoms with van der Waals surface area (Å²) in [6.45, 7) is 3.96. The van der Waals surface area contributed by atoms with Crippen LogP contribution in [0.2, 0.25) is 0 Å². The Morgan fingerprint density at radius 1 is 1.33 bits per heavy atom. The van der Waals surface area contributed by atoms with E-state index in [1.165, 1.54) is 24.2 Å². The first-order valence-electron chi connectivity index (χ1n) is 6.27. The van der Waals surface area contributed by atoms with Crippen molar-refractivity contribution in [3.05, 3.63) is 35.9 Å². The van der Waals surface area contributed by atoms with E-state index in [1.807, 2.05) is 13.8 Å². The molecule has 2 aromatic rings. The highest BCUT2D eigenvalue weighted by Crippen LogP contribution is 2.35. The number of nitrogen functional groups attached to an aromatic ring is 1. The van der Waals surface area contributed by atoms with Gasteiger partial charge in [-0.05, 0) is 32.0 Å². The molecule has 114 valence electrons. The third kappa shape index (κ3) is 3.69. The van der Waals surface area contributed by atoms with Gasteiger partial charge in [0.1, 0.15) is 12.2 Å². The summed E-state index contributed by atoms with van der Waals surface area (Å²) in [5.74, 6) is 1.25. The summed E-state index contributed by atoms with van der Waals surface area (Å²) in [5, 5.41) is 4.11. The Bertz CT molecular complexity index is 622. The fraction of sp³-hybridized carbons (Fsp3) is 0.385. The highest BCUT2D eigenvalue weighted by atomic mass is 32.2. The van der Waals surface area contributed by atoms with E-state index in [0.717, 1.165) is 18.0 Å². The predicted octanol–water partition coefficient (Wildman–Crippen LogP) is 3.75. The zero-order valence-electron chi connectivity index (χ0n) is 11.6. The molecule has 0 unspecified atom stereocenters. The summed E-state index contributed by atoms with van der Waals surface area (Å²) >= 11 is 1.34. The average Bonchev–Trinajstić information content (AvgIpc) is 2.84. The predicted molar refractivity (Wildman–Crippen MR) is 75.8 cm³/mol. The maximum atomic E-state index is 12.6. The fourth-order valence-corrected chi connectivity index (χ4v) is 2.69. The van der Waals surface area contributed by atoms with E-state index >= 15 is 0 Å². The molecule has 0 aliphatic carbocycles. The summed E-state index contributed by atoms with van der Waals surface area (Å²) < 4.78 is 39.5. The molecule has 21 heavy (non-hydrogen) atoms. The van der Waals surface area contributed by atoms with E-state index in [-0.39, 0.29) is 11.7 Å². The van der Waals surface area contributed by atoms with Crippen molar-refractivity contribution in [1.82, 2.24) is 14.8 Å². The molecule has 1 aromatic carbocycles. The van der Waals surface area contributed by atoms with Crippen LogP contribution in [0.1, 0.15) is 31.3 Å². The highest BCUT2D eigenvalue weighted by Gasteiger charge is 2.30. The number of nitrogens with zero attached hydrogens (tertiary/aromatic N) is 3. The zero-order chi connectivity index (χ0) is 15.6. The standard InChI is InChI=1S/C13H15F3N4S/c1-8(2)20-12(18-7-19-20)6-21-11-4-3-9(5-10(11)17)13(14,15)16/h3-5,7-8H,6,17H2,1-2H3. The van der Waals surface area contributed by atoms with Crippen molar-refractivity contribution in [2.45, 2.75) is 36.7 Å². The van der Waals surface area contributed by atoms with Crippen LogP contribution < -0.4 is 5.73 Å². The lowest BCUT2D eigenvalue weighted by Gasteiger charge is -2.12. The molecular weight excluding hydrogens is 301 g/mol. The maximum Gasteiger partial charge on any atom is 0.416 e. The Labute approximate surface area is 124 Å². The van der Waals surface area contributed by atoms with Crippen molar-refractivity contribution in [1.29, 1.82) is 0 Å². The van der Waals surface area contributed by atoms with Gasteiger partial charge in [-0.25, -0.2) is 9.67 Å². The Hall–Kier alpha value is -1.70. The molecule has 0 aliphatic rings. The molecule has 0 saturated carbocycles. The number of nitrogens with two attached hydrogens (primary N) is 1. The van der Waals surface area contributed by atoms with Gasteiger partial charge in [0.25, 0.3) is 0 Å². The minimum Gasteiger partial charge on any atom is -0.398 e. The van der Waals surface area contributed by atoms with Crippen molar-refractivity contribution < 1.29 is 13.2 Å². The van der Waals surface area contributed by atoms with Gasteiger partial charge in [-0.15, -0.1) is 11.8 Å². The topological polar surface area (TPSA) is 56.7 Å². The molecule has 0 fully saturated rings. The number of halogens is 3. The van der Waals surface area contributed by atoms with Crippen LogP contribution in [0.3, 0.4) is 0 Å². The van der Waals surface area contributed by atoms with Gasteiger partial charge in [0.05, 0.1) is 11.3 Å². The second-order valence-corrected chi connectivity index (χ2v) is 5.77. The molecule has 0 spiro atoms. The number of hydrogen-bond donors (Lipinski definition) is 1. The molecule has 8 heteroatoms. The van der Waals surface area contributed by atoms with Crippen molar-refractivity contribution in [3.63, 3.8) is 0 Å². The molecule has 0 saturated heterocycles. The Morgan fingerprint density at radius 2 is 2.05 bits per heavy atom. The van der Waals surface area contributed by atoms with Crippen molar-refractivity contribution in [3.8, 4) is 0 Å². The first-order valence-corrected chi connectivity index (χ1v) is 7.25. The highest BCUT2D eigenvalue weighted by molar-refractivity contribution is 7.98. The van der Waals surface area contributed by atoms with Crippen LogP contribution >= 0.6 is 11.8 Å². The summed E-state index contributed by atoms with van der Waals surface area (Å²) in [6.07, 6.45) is -2.92. The van der Waals surface area contributed by atoms with E-state index in [4.69, 9.17) is 5.73 Å². The molecule has 2 N–H and O–H groups in total. The van der Waals surface area contributed by atoms with Gasteiger partial charge in [-0.2, -0.15) is 18.3 Å². The van der Waals surface area contributed by atoms with Gasteiger partial charge in [-0.3, -0.25) is 0 Å². The number of rotatable bonds is 4. The van der Waals surface area contributed by atoms with E-state index in [0.29, 0.717) is 10.6 Å². The Morgan fingerprint density at radius 3 is 2.62 bits per heavy atom. The van der Waals surface area contributed by atoms with Gasteiger partial charge in [-0.1, -0.05) is 0 Å². The van der Waals surface area contributed by atoms with E-state index in [1.54, 1.807) is 4.68 Å². The van der Waals surface area contributed by atoms with Crippen molar-refractivity contribution >= 4 is 17.4 Å². The fourth-order valence-electron chi connectivity index (χ4n) is 1.81. The quantitative estimate of drug-likeness (QED) is 0.689. The SMILES string of the molecule is CC(C)n1ncnc1CSc1ccc(C(F)(F)F)cc1N. The Kier molecular flexibility index (Phi) is 4.46. The molecule has 1 aromatic heterocycles. The van der Waals surface area contributed by atoms with Gasteiger partial charge in [0, 0.05) is 16.6 Å². The zero-order valence-corrected chi connectivity index (χ0v) is 12.4. The molecule has 4 nitrogen and oxygen atoms in total. The van der Waals surface area contributed by atoms with Crippen LogP contribution in [-0.2, 0) is 11.9 Å². The summed E-state index contributed by atoms with van der Waals surface area (Å²) in [7, 11) is 0. The number of aromatic nitrogens is 3. The van der Waals surface area contributed by atoms with Gasteiger partial charge in [0.15, 0.2) is 0 Å². The molecule has 0 atom stereocenters. The molecule has 0 aliphatic heterocycles. The minimum absolute atomic E-state index is 0.116. The lowest BCUT2D eigenvalue weighted by Crippen LogP contribution is -2.07. The first-order chi connectivity index (χ1) is 9.79. The number of anilines is 1. The molecule has 0 radical (unpaired) electrons. The smallest absolute Gasteiger partial charge is 0.398 e. The van der Waals surface area contributed by atoms with E-state index < -0.39 is 11.7 Å². The number of benzene rings is 1. The summed E-state index contributed by atoms with van der Waals surface area (Å²) in [5.41, 5.74) is 5.07. The second-order valence-electron chi connectivity index (χ2n) is 4.75. The van der Waals surface area contributed by atoms with Crippen molar-refractivity contribution in [2.75, 3.05) is 5.73 Å². The average molecular weight is 316 g/mol. The van der Waals surface area contributed by atoms with Crippen LogP contribution in [0.4, 0.5) is 18.9 Å². The number of thioether (sulfide) groups is 1. The molecule has 1 heterocycles. The van der Waals surface area contributed by atoms with Crippen LogP contribution in [-0.4, -0.2) is 14.8 Å². The molecule has 0 bridgehead atoms. The minimum atomic E-state index is -4.38. The monoisotopic (exact) mass is 316 g/mol. The molecule has 0 amide bonds. The van der Waals surface area contributed by atoms with Gasteiger partial charge >= 0.3 is 6.18 Å². The lowest BCUT2D eigenvalue weighted by molar-refractivity contribution is -0.137. The Balaban J connectivity index is 2.12. The van der Waals surface area contributed by atoms with E-state index in [9.17, 15) is 13.2 Å². The summed E-state index contributed by atoms with van der Waals surface area (Å²) in [6, 6.07) is 3.55. The van der Waals surface area contributed by atoms with Crippen LogP contribution in [0.15, 0.2) is 29.4 Å². The third-order valence-electron chi connectivity index (χ3n) is 2.83. The normalized spacial score (nSPS) is 12.1. The van der Waals surface area contributed by atoms with Gasteiger partial charge in [0.2, 0.25) is 0 Å². The second kappa shape index (κ2) is 5.97. The van der Waals surface area contributed by atoms with Crippen molar-refractivity contribution in [2.24, 2.45) is 0 Å². The van der Waals surface area contributed by atoms with E-state index in [2.05, 4.69) is 10.1 Å². The van der Waals surface area contributed by atoms with Crippen LogP contribution in [0, 0.1) is 0 Å². The number of hydrogen-bond acceptors (Lipinski definition) is 4. The van der Waals surface area contributed by atoms with Crippen LogP contribution in [0.25, 0.3) is 0 Å². The lowest BCUT2D eigenvalue weighted by atomic mass is 10.2. The largest absolute Gasteiger partial charge is 0.416 e. The van der Waals surface area contributed by atoms with Crippen LogP contribution in [0.5, 0.6) is 0 Å². The summed E-state index contributed by atoms with van der Waals surface area (Å²) in [4.78, 5) is 4.75. The first kappa shape index (κ1) is 15.7. The number of alkyl halides is 3. The maximum absolute atomic E-state index is 12.6. The van der Waals surface area contributed by atoms with Gasteiger partial charge < -0.3 is 5.73 Å².